The lowest BCUT2D eigenvalue weighted by atomic mass is 10.0. The van der Waals surface area contributed by atoms with Crippen molar-refractivity contribution in [2.24, 2.45) is 5.73 Å². The molecule has 0 atom stereocenters. The minimum atomic E-state index is -0.378. The predicted octanol–water partition coefficient (Wildman–Crippen LogP) is 3.24. The van der Waals surface area contributed by atoms with E-state index in [0.717, 1.165) is 59.0 Å². The van der Waals surface area contributed by atoms with Crippen LogP contribution in [0.5, 0.6) is 0 Å². The van der Waals surface area contributed by atoms with Gasteiger partial charge in [-0.1, -0.05) is 0 Å². The van der Waals surface area contributed by atoms with Gasteiger partial charge in [0.2, 0.25) is 0 Å². The van der Waals surface area contributed by atoms with E-state index in [2.05, 4.69) is 26.7 Å². The Labute approximate surface area is 166 Å². The highest BCUT2D eigenvalue weighted by atomic mass is 16.1. The maximum absolute atomic E-state index is 11.3. The zero-order valence-electron chi connectivity index (χ0n) is 15.7. The Morgan fingerprint density at radius 3 is 2.14 bits per heavy atom. The molecule has 29 heavy (non-hydrogen) atoms. The predicted molar refractivity (Wildman–Crippen MR) is 114 cm³/mol. The average Bonchev–Trinajstić information content (AvgIpc) is 3.51. The van der Waals surface area contributed by atoms with Crippen molar-refractivity contribution in [2.45, 2.75) is 12.8 Å². The van der Waals surface area contributed by atoms with Crippen molar-refractivity contribution in [1.29, 1.82) is 5.26 Å². The number of rotatable bonds is 1. The highest BCUT2D eigenvalue weighted by Gasteiger charge is 2.19. The van der Waals surface area contributed by atoms with Gasteiger partial charge in [-0.3, -0.25) is 4.79 Å². The normalized spacial score (nSPS) is 13.8. The van der Waals surface area contributed by atoms with Gasteiger partial charge in [0.1, 0.15) is 6.07 Å². The second-order valence-electron chi connectivity index (χ2n) is 7.28. The first-order chi connectivity index (χ1) is 14.2. The monoisotopic (exact) mass is 384 g/mol. The molecule has 2 aliphatic rings. The van der Waals surface area contributed by atoms with Crippen LogP contribution in [0.2, 0.25) is 0 Å². The summed E-state index contributed by atoms with van der Waals surface area (Å²) in [7, 11) is 0. The van der Waals surface area contributed by atoms with Gasteiger partial charge in [0.05, 0.1) is 22.2 Å². The summed E-state index contributed by atoms with van der Waals surface area (Å²) in [6, 6.07) is 10.1. The molecule has 4 aromatic rings. The van der Waals surface area contributed by atoms with Gasteiger partial charge in [-0.15, -0.1) is 0 Å². The Balaban J connectivity index is 0.000000125. The van der Waals surface area contributed by atoms with Crippen molar-refractivity contribution in [3.63, 3.8) is 0 Å². The summed E-state index contributed by atoms with van der Waals surface area (Å²) in [6.07, 6.45) is 5.69. The van der Waals surface area contributed by atoms with Crippen LogP contribution in [0.4, 0.5) is 11.4 Å². The first kappa shape index (κ1) is 17.2. The van der Waals surface area contributed by atoms with E-state index in [1.807, 2.05) is 36.7 Å². The fourth-order valence-corrected chi connectivity index (χ4v) is 4.32. The van der Waals surface area contributed by atoms with Gasteiger partial charge in [-0.05, 0) is 48.2 Å². The smallest absolute Gasteiger partial charge is 0.250 e. The number of nitrogens with two attached hydrogens (primary N) is 1. The molecule has 0 spiro atoms. The Hall–Kier alpha value is -3.92. The highest BCUT2D eigenvalue weighted by molar-refractivity contribution is 6.09. The summed E-state index contributed by atoms with van der Waals surface area (Å²) in [5.74, 6) is -0.378. The molecule has 2 aliphatic heterocycles. The zero-order chi connectivity index (χ0) is 20.0. The number of aromatic amines is 2. The Morgan fingerprint density at radius 2 is 1.52 bits per heavy atom. The molecule has 0 saturated heterocycles. The molecule has 0 aliphatic carbocycles. The number of carbonyl (C=O) groups excluding carboxylic acids is 1. The molecule has 6 N–H and O–H groups in total. The quantitative estimate of drug-likeness (QED) is 0.346. The summed E-state index contributed by atoms with van der Waals surface area (Å²) in [5, 5.41) is 17.9. The van der Waals surface area contributed by atoms with Gasteiger partial charge >= 0.3 is 0 Å². The third-order valence-electron chi connectivity index (χ3n) is 5.63. The molecule has 7 nitrogen and oxygen atoms in total. The van der Waals surface area contributed by atoms with Crippen molar-refractivity contribution in [3.05, 3.63) is 58.9 Å². The van der Waals surface area contributed by atoms with Crippen LogP contribution in [0.1, 0.15) is 27.0 Å². The van der Waals surface area contributed by atoms with Crippen LogP contribution < -0.4 is 16.4 Å². The molecular weight excluding hydrogens is 364 g/mol. The number of aromatic nitrogens is 2. The molecular formula is C22H20N6O. The van der Waals surface area contributed by atoms with E-state index in [0.29, 0.717) is 5.56 Å². The molecule has 6 rings (SSSR count). The second kappa shape index (κ2) is 6.60. The van der Waals surface area contributed by atoms with Gasteiger partial charge in [-0.2, -0.15) is 5.26 Å². The number of hydrogen-bond donors (Lipinski definition) is 5. The molecule has 2 aromatic carbocycles. The molecule has 0 unspecified atom stereocenters. The third kappa shape index (κ3) is 2.69. The number of hydrogen-bond acceptors (Lipinski definition) is 4. The molecule has 0 saturated carbocycles. The van der Waals surface area contributed by atoms with E-state index < -0.39 is 0 Å². The minimum Gasteiger partial charge on any atom is -0.384 e. The fraction of sp³-hybridized carbons (Fsp3) is 0.182. The van der Waals surface area contributed by atoms with Crippen LogP contribution in [-0.2, 0) is 12.8 Å². The molecule has 4 heterocycles. The summed E-state index contributed by atoms with van der Waals surface area (Å²) >= 11 is 0. The Kier molecular flexibility index (Phi) is 3.91. The lowest BCUT2D eigenvalue weighted by Crippen LogP contribution is -2.12. The molecule has 0 bridgehead atoms. The van der Waals surface area contributed by atoms with Crippen molar-refractivity contribution < 1.29 is 4.79 Å². The molecule has 0 radical (unpaired) electrons. The fourth-order valence-electron chi connectivity index (χ4n) is 4.32. The first-order valence-electron chi connectivity index (χ1n) is 9.61. The summed E-state index contributed by atoms with van der Waals surface area (Å²) in [4.78, 5) is 17.5. The molecule has 0 fully saturated rings. The van der Waals surface area contributed by atoms with Gasteiger partial charge in [0.25, 0.3) is 5.91 Å². The number of primary amides is 1. The van der Waals surface area contributed by atoms with Crippen LogP contribution in [0.15, 0.2) is 36.7 Å². The number of nitrogens with zero attached hydrogens (tertiary/aromatic N) is 1. The van der Waals surface area contributed by atoms with Crippen LogP contribution >= 0.6 is 0 Å². The van der Waals surface area contributed by atoms with Crippen molar-refractivity contribution in [3.8, 4) is 6.07 Å². The number of benzene rings is 2. The number of amides is 1. The third-order valence-corrected chi connectivity index (χ3v) is 5.63. The van der Waals surface area contributed by atoms with Crippen molar-refractivity contribution in [2.75, 3.05) is 23.7 Å². The standard InChI is InChI=1S/C11H11N3O.C11H9N3/c12-11(15)8-5-6-1-3-13-9(6)7-2-4-14-10(7)8;12-6-8-5-7-1-3-13-10(7)9-2-4-14-11(8)9/h2,4-5,13-14H,1,3H2,(H2,12,15);2,4-5,13-14H,1,3H2. The van der Waals surface area contributed by atoms with Gasteiger partial charge in [0.15, 0.2) is 0 Å². The average molecular weight is 384 g/mol. The maximum Gasteiger partial charge on any atom is 0.250 e. The van der Waals surface area contributed by atoms with E-state index in [1.165, 1.54) is 16.8 Å². The largest absolute Gasteiger partial charge is 0.384 e. The van der Waals surface area contributed by atoms with E-state index in [-0.39, 0.29) is 5.91 Å². The van der Waals surface area contributed by atoms with E-state index in [4.69, 9.17) is 11.0 Å². The molecule has 144 valence electrons. The maximum atomic E-state index is 11.3. The van der Waals surface area contributed by atoms with Gasteiger partial charge < -0.3 is 26.3 Å². The van der Waals surface area contributed by atoms with Crippen LogP contribution in [0.25, 0.3) is 21.8 Å². The number of carbonyl (C=O) groups is 1. The van der Waals surface area contributed by atoms with Crippen LogP contribution in [0, 0.1) is 11.3 Å². The Morgan fingerprint density at radius 1 is 0.931 bits per heavy atom. The summed E-state index contributed by atoms with van der Waals surface area (Å²) in [6.45, 7) is 1.91. The molecule has 2 aromatic heterocycles. The van der Waals surface area contributed by atoms with Crippen LogP contribution in [0.3, 0.4) is 0 Å². The van der Waals surface area contributed by atoms with E-state index in [1.54, 1.807) is 0 Å². The van der Waals surface area contributed by atoms with Gasteiger partial charge in [0, 0.05) is 47.6 Å². The molecule has 1 amide bonds. The number of fused-ring (bicyclic) bond motifs is 6. The SMILES string of the molecule is N#Cc1cc2c(c3cc[nH]c13)NCC2.NC(=O)c1cc2c(c3cc[nH]c13)NCC2. The van der Waals surface area contributed by atoms with E-state index >= 15 is 0 Å². The number of nitriles is 1. The summed E-state index contributed by atoms with van der Waals surface area (Å²) < 4.78 is 0. The summed E-state index contributed by atoms with van der Waals surface area (Å²) in [5.41, 5.74) is 13.2. The van der Waals surface area contributed by atoms with Crippen molar-refractivity contribution >= 4 is 39.1 Å². The highest BCUT2D eigenvalue weighted by Crippen LogP contribution is 2.34. The lowest BCUT2D eigenvalue weighted by Gasteiger charge is -2.05. The van der Waals surface area contributed by atoms with Crippen LogP contribution in [-0.4, -0.2) is 29.0 Å². The Bertz CT molecular complexity index is 1310. The number of anilines is 2. The zero-order valence-corrected chi connectivity index (χ0v) is 15.7. The first-order valence-corrected chi connectivity index (χ1v) is 9.61. The number of nitrogens with one attached hydrogen (secondary N) is 4. The van der Waals surface area contributed by atoms with E-state index in [9.17, 15) is 4.79 Å². The molecule has 7 heteroatoms. The van der Waals surface area contributed by atoms with Gasteiger partial charge in [-0.25, -0.2) is 0 Å². The second-order valence-corrected chi connectivity index (χ2v) is 7.28. The minimum absolute atomic E-state index is 0.378. The number of H-pyrrole nitrogens is 2. The topological polar surface area (TPSA) is 123 Å². The van der Waals surface area contributed by atoms with Crippen molar-refractivity contribution in [1.82, 2.24) is 9.97 Å². The lowest BCUT2D eigenvalue weighted by molar-refractivity contribution is 0.100.